The number of primary amides is 1. The zero-order valence-electron chi connectivity index (χ0n) is 12.2. The highest BCUT2D eigenvalue weighted by molar-refractivity contribution is 7.15. The summed E-state index contributed by atoms with van der Waals surface area (Å²) < 4.78 is 1.95. The Morgan fingerprint density at radius 3 is 2.57 bits per heavy atom. The Bertz CT molecular complexity index is 644. The van der Waals surface area contributed by atoms with Crippen molar-refractivity contribution >= 4 is 23.2 Å². The molecule has 21 heavy (non-hydrogen) atoms. The summed E-state index contributed by atoms with van der Waals surface area (Å²) in [6.45, 7) is 4.41. The highest BCUT2D eigenvalue weighted by atomic mass is 32.1. The van der Waals surface area contributed by atoms with E-state index in [4.69, 9.17) is 5.73 Å². The monoisotopic (exact) mass is 305 g/mol. The third kappa shape index (κ3) is 3.52. The number of carbonyl (C=O) groups excluding carboxylic acids is 2. The van der Waals surface area contributed by atoms with Gasteiger partial charge in [0, 0.05) is 30.2 Å². The topological polar surface area (TPSA) is 77.1 Å². The number of amides is 2. The molecule has 0 fully saturated rings. The largest absolute Gasteiger partial charge is 0.370 e. The van der Waals surface area contributed by atoms with Crippen LogP contribution in [0.15, 0.2) is 24.5 Å². The first-order valence-corrected chi connectivity index (χ1v) is 7.62. The zero-order chi connectivity index (χ0) is 15.4. The number of thiophene rings is 1. The number of aryl methyl sites for hydroxylation is 1. The zero-order valence-corrected chi connectivity index (χ0v) is 13.0. The molecule has 3 N–H and O–H groups in total. The van der Waals surface area contributed by atoms with Crippen molar-refractivity contribution in [2.75, 3.05) is 6.54 Å². The number of nitrogens with zero attached hydrogens (tertiary/aromatic N) is 1. The predicted octanol–water partition coefficient (Wildman–Crippen LogP) is 2.15. The van der Waals surface area contributed by atoms with Gasteiger partial charge in [0.05, 0.1) is 5.56 Å². The minimum atomic E-state index is -0.347. The molecule has 0 aromatic carbocycles. The van der Waals surface area contributed by atoms with E-state index >= 15 is 0 Å². The maximum absolute atomic E-state index is 12.4. The quantitative estimate of drug-likeness (QED) is 0.802. The fourth-order valence-corrected chi connectivity index (χ4v) is 3.20. The molecule has 0 bridgehead atoms. The van der Waals surface area contributed by atoms with Crippen molar-refractivity contribution in [3.63, 3.8) is 0 Å². The first-order valence-electron chi connectivity index (χ1n) is 6.80. The van der Waals surface area contributed by atoms with Crippen LogP contribution in [-0.4, -0.2) is 22.9 Å². The number of hydrogen-bond donors (Lipinski definition) is 2. The highest BCUT2D eigenvalue weighted by Crippen LogP contribution is 2.30. The Kier molecular flexibility index (Phi) is 4.80. The van der Waals surface area contributed by atoms with Crippen LogP contribution in [0.25, 0.3) is 5.00 Å². The number of rotatable bonds is 6. The van der Waals surface area contributed by atoms with E-state index in [0.29, 0.717) is 18.5 Å². The minimum Gasteiger partial charge on any atom is -0.370 e. The van der Waals surface area contributed by atoms with Crippen molar-refractivity contribution in [2.24, 2.45) is 5.73 Å². The number of hydrogen-bond acceptors (Lipinski definition) is 3. The van der Waals surface area contributed by atoms with E-state index in [1.54, 1.807) is 11.3 Å². The maximum Gasteiger partial charge on any atom is 0.254 e. The Balaban J connectivity index is 2.15. The molecule has 2 amide bonds. The number of nitrogens with two attached hydrogens (primary N) is 1. The van der Waals surface area contributed by atoms with Crippen LogP contribution in [0.2, 0.25) is 0 Å². The van der Waals surface area contributed by atoms with Gasteiger partial charge in [-0.15, -0.1) is 11.3 Å². The van der Waals surface area contributed by atoms with Gasteiger partial charge in [0.1, 0.15) is 5.00 Å². The lowest BCUT2D eigenvalue weighted by Crippen LogP contribution is -2.26. The molecule has 112 valence electrons. The van der Waals surface area contributed by atoms with Crippen LogP contribution < -0.4 is 11.1 Å². The summed E-state index contributed by atoms with van der Waals surface area (Å²) in [7, 11) is 0. The predicted molar refractivity (Wildman–Crippen MR) is 83.9 cm³/mol. The molecule has 2 aromatic rings. The molecule has 0 aliphatic rings. The lowest BCUT2D eigenvalue weighted by atomic mass is 10.1. The van der Waals surface area contributed by atoms with E-state index in [0.717, 1.165) is 15.4 Å². The molecule has 0 aliphatic carbocycles. The lowest BCUT2D eigenvalue weighted by Gasteiger charge is -2.08. The molecule has 0 saturated heterocycles. The van der Waals surface area contributed by atoms with E-state index in [9.17, 15) is 9.59 Å². The van der Waals surface area contributed by atoms with Crippen molar-refractivity contribution in [3.05, 3.63) is 40.5 Å². The lowest BCUT2D eigenvalue weighted by molar-refractivity contribution is -0.118. The van der Waals surface area contributed by atoms with E-state index < -0.39 is 0 Å². The van der Waals surface area contributed by atoms with E-state index in [1.165, 1.54) is 0 Å². The van der Waals surface area contributed by atoms with Crippen LogP contribution in [0.4, 0.5) is 0 Å². The van der Waals surface area contributed by atoms with Crippen LogP contribution in [0.5, 0.6) is 0 Å². The smallest absolute Gasteiger partial charge is 0.254 e. The first-order chi connectivity index (χ1) is 10.0. The van der Waals surface area contributed by atoms with Gasteiger partial charge in [0.2, 0.25) is 5.91 Å². The molecule has 6 heteroatoms. The summed E-state index contributed by atoms with van der Waals surface area (Å²) in [6.07, 6.45) is 4.69. The fourth-order valence-electron chi connectivity index (χ4n) is 2.08. The van der Waals surface area contributed by atoms with Gasteiger partial charge in [-0.1, -0.05) is 0 Å². The summed E-state index contributed by atoms with van der Waals surface area (Å²) in [5.41, 5.74) is 6.78. The van der Waals surface area contributed by atoms with Gasteiger partial charge in [0.25, 0.3) is 5.91 Å². The van der Waals surface area contributed by atoms with Gasteiger partial charge in [-0.2, -0.15) is 0 Å². The summed E-state index contributed by atoms with van der Waals surface area (Å²) in [5, 5.41) is 3.78. The van der Waals surface area contributed by atoms with Crippen LogP contribution in [0.1, 0.15) is 33.6 Å². The van der Waals surface area contributed by atoms with Gasteiger partial charge in [-0.3, -0.25) is 9.59 Å². The van der Waals surface area contributed by atoms with E-state index in [-0.39, 0.29) is 18.2 Å². The average molecular weight is 305 g/mol. The van der Waals surface area contributed by atoms with Crippen molar-refractivity contribution < 1.29 is 9.59 Å². The third-order valence-electron chi connectivity index (χ3n) is 3.32. The number of aromatic nitrogens is 1. The molecule has 2 aromatic heterocycles. The molecule has 5 nitrogen and oxygen atoms in total. The van der Waals surface area contributed by atoms with Crippen molar-refractivity contribution in [1.29, 1.82) is 0 Å². The number of carbonyl (C=O) groups is 2. The van der Waals surface area contributed by atoms with Crippen molar-refractivity contribution in [1.82, 2.24) is 9.88 Å². The summed E-state index contributed by atoms with van der Waals surface area (Å²) >= 11 is 1.60. The molecule has 0 radical (unpaired) electrons. The van der Waals surface area contributed by atoms with Gasteiger partial charge >= 0.3 is 0 Å². The molecule has 0 aliphatic heterocycles. The number of nitrogens with one attached hydrogen (secondary N) is 1. The summed E-state index contributed by atoms with van der Waals surface area (Å²) in [6, 6.07) is 3.86. The Labute approximate surface area is 127 Å². The normalized spacial score (nSPS) is 10.6. The Morgan fingerprint density at radius 2 is 1.95 bits per heavy atom. The molecule has 0 atom stereocenters. The summed E-state index contributed by atoms with van der Waals surface area (Å²) in [5.74, 6) is -0.454. The van der Waals surface area contributed by atoms with Crippen molar-refractivity contribution in [3.8, 4) is 5.00 Å². The van der Waals surface area contributed by atoms with Crippen LogP contribution >= 0.6 is 11.3 Å². The molecule has 0 spiro atoms. The Hall–Kier alpha value is -2.08. The molecular weight excluding hydrogens is 286 g/mol. The van der Waals surface area contributed by atoms with Crippen LogP contribution in [-0.2, 0) is 4.79 Å². The van der Waals surface area contributed by atoms with E-state index in [2.05, 4.69) is 5.32 Å². The van der Waals surface area contributed by atoms with Gasteiger partial charge in [-0.05, 0) is 38.0 Å². The Morgan fingerprint density at radius 1 is 1.29 bits per heavy atom. The molecule has 2 rings (SSSR count). The maximum atomic E-state index is 12.4. The average Bonchev–Trinajstić information content (AvgIpc) is 3.04. The fraction of sp³-hybridized carbons (Fsp3) is 0.333. The first kappa shape index (κ1) is 15.3. The molecule has 2 heterocycles. The van der Waals surface area contributed by atoms with Gasteiger partial charge in [-0.25, -0.2) is 0 Å². The molecular formula is C15H19N3O2S. The molecule has 0 unspecified atom stereocenters. The van der Waals surface area contributed by atoms with Crippen molar-refractivity contribution in [2.45, 2.75) is 26.7 Å². The van der Waals surface area contributed by atoms with Crippen LogP contribution in [0, 0.1) is 13.8 Å². The minimum absolute atomic E-state index is 0.106. The second kappa shape index (κ2) is 6.58. The third-order valence-corrected chi connectivity index (χ3v) is 4.54. The molecule has 0 saturated carbocycles. The van der Waals surface area contributed by atoms with Gasteiger partial charge in [0.15, 0.2) is 0 Å². The SMILES string of the molecule is Cc1sc(-n2cccc2)c(C(=O)NCCCC(N)=O)c1C. The second-order valence-electron chi connectivity index (χ2n) is 4.88. The van der Waals surface area contributed by atoms with E-state index in [1.807, 2.05) is 42.9 Å². The standard InChI is InChI=1S/C15H19N3O2S/c1-10-11(2)21-15(18-8-3-4-9-18)13(10)14(20)17-7-5-6-12(16)19/h3-4,8-9H,5-7H2,1-2H3,(H2,16,19)(H,17,20). The van der Waals surface area contributed by atoms with Gasteiger partial charge < -0.3 is 15.6 Å². The summed E-state index contributed by atoms with van der Waals surface area (Å²) in [4.78, 5) is 24.2. The second-order valence-corrected chi connectivity index (χ2v) is 6.08. The highest BCUT2D eigenvalue weighted by Gasteiger charge is 2.20. The van der Waals surface area contributed by atoms with Crippen LogP contribution in [0.3, 0.4) is 0 Å².